The van der Waals surface area contributed by atoms with Gasteiger partial charge in [0.15, 0.2) is 0 Å². The van der Waals surface area contributed by atoms with Crippen molar-refractivity contribution in [1.29, 1.82) is 0 Å². The highest BCUT2D eigenvalue weighted by atomic mass is 31.2. The predicted molar refractivity (Wildman–Crippen MR) is 149 cm³/mol. The first-order valence-corrected chi connectivity index (χ1v) is 15.1. The number of ether oxygens (including phenoxy) is 1. The molecule has 2 aromatic rings. The molecule has 3 rings (SSSR count). The summed E-state index contributed by atoms with van der Waals surface area (Å²) in [6, 6.07) is 16.3. The molecule has 13 heteroatoms. The van der Waals surface area contributed by atoms with Gasteiger partial charge in [0.25, 0.3) is 11.8 Å². The molecular formula is C28H36N3O9P. The molecule has 222 valence electrons. The van der Waals surface area contributed by atoms with Crippen LogP contribution in [0.25, 0.3) is 0 Å². The Bertz CT molecular complexity index is 1230. The van der Waals surface area contributed by atoms with E-state index in [0.29, 0.717) is 19.3 Å². The molecule has 4 N–H and O–H groups in total. The van der Waals surface area contributed by atoms with Gasteiger partial charge in [0.05, 0.1) is 0 Å². The van der Waals surface area contributed by atoms with Gasteiger partial charge < -0.3 is 30.3 Å². The summed E-state index contributed by atoms with van der Waals surface area (Å²) < 4.78 is 23.8. The molecule has 0 saturated carbocycles. The first-order valence-electron chi connectivity index (χ1n) is 13.4. The number of aliphatic carboxylic acids is 1. The summed E-state index contributed by atoms with van der Waals surface area (Å²) in [5.41, 5.74) is 1.11. The molecule has 3 amide bonds. The predicted octanol–water partition coefficient (Wildman–Crippen LogP) is 3.51. The van der Waals surface area contributed by atoms with Crippen LogP contribution >= 0.6 is 7.60 Å². The third-order valence-corrected chi connectivity index (χ3v) is 8.39. The summed E-state index contributed by atoms with van der Waals surface area (Å²) in [6.07, 6.45) is -0.502. The van der Waals surface area contributed by atoms with Gasteiger partial charge in [-0.1, -0.05) is 48.5 Å². The van der Waals surface area contributed by atoms with Crippen molar-refractivity contribution in [3.8, 4) is 0 Å². The Morgan fingerprint density at radius 3 is 2.37 bits per heavy atom. The third kappa shape index (κ3) is 9.70. The van der Waals surface area contributed by atoms with Crippen LogP contribution in [0.4, 0.5) is 4.79 Å². The number of carboxylic acids is 1. The van der Waals surface area contributed by atoms with Crippen molar-refractivity contribution in [3.05, 3.63) is 71.8 Å². The molecule has 0 spiro atoms. The smallest absolute Gasteiger partial charge is 0.407 e. The van der Waals surface area contributed by atoms with Gasteiger partial charge in [-0.05, 0) is 56.7 Å². The zero-order valence-corrected chi connectivity index (χ0v) is 23.7. The Labute approximate surface area is 238 Å². The molecule has 0 radical (unpaired) electrons. The van der Waals surface area contributed by atoms with E-state index in [2.05, 4.69) is 10.6 Å². The average molecular weight is 590 g/mol. The normalized spacial score (nSPS) is 17.6. The van der Waals surface area contributed by atoms with Crippen LogP contribution < -0.4 is 10.6 Å². The van der Waals surface area contributed by atoms with E-state index < -0.39 is 49.4 Å². The van der Waals surface area contributed by atoms with Crippen molar-refractivity contribution in [2.75, 3.05) is 13.1 Å². The number of rotatable bonds is 14. The van der Waals surface area contributed by atoms with Gasteiger partial charge in [-0.15, -0.1) is 0 Å². The lowest BCUT2D eigenvalue weighted by atomic mass is 10.2. The summed E-state index contributed by atoms with van der Waals surface area (Å²) in [6.45, 7) is 1.83. The van der Waals surface area contributed by atoms with Gasteiger partial charge in [-0.2, -0.15) is 0 Å². The van der Waals surface area contributed by atoms with Crippen molar-refractivity contribution in [3.63, 3.8) is 0 Å². The van der Waals surface area contributed by atoms with Crippen LogP contribution in [0.5, 0.6) is 0 Å². The van der Waals surface area contributed by atoms with E-state index in [4.69, 9.17) is 9.26 Å². The molecule has 1 fully saturated rings. The minimum Gasteiger partial charge on any atom is -0.480 e. The summed E-state index contributed by atoms with van der Waals surface area (Å²) in [7, 11) is -4.62. The van der Waals surface area contributed by atoms with Gasteiger partial charge in [0, 0.05) is 18.7 Å². The van der Waals surface area contributed by atoms with Crippen LogP contribution in [0.2, 0.25) is 0 Å². The Balaban J connectivity index is 1.57. The maximum absolute atomic E-state index is 13.4. The van der Waals surface area contributed by atoms with Crippen LogP contribution in [0.3, 0.4) is 0 Å². The Morgan fingerprint density at radius 2 is 1.71 bits per heavy atom. The van der Waals surface area contributed by atoms with Crippen LogP contribution in [-0.4, -0.2) is 69.8 Å². The number of hydrogen-bond donors (Lipinski definition) is 4. The molecule has 2 aromatic carbocycles. The Kier molecular flexibility index (Phi) is 11.9. The number of unbranched alkanes of at least 4 members (excludes halogenated alkanes) is 1. The van der Waals surface area contributed by atoms with Crippen molar-refractivity contribution >= 4 is 31.5 Å². The fourth-order valence-electron chi connectivity index (χ4n) is 4.43. The number of alkyl carbamates (subject to hydrolysis) is 1. The van der Waals surface area contributed by atoms with Gasteiger partial charge in [-0.3, -0.25) is 18.7 Å². The number of hydrogen-bond acceptors (Lipinski definition) is 7. The molecule has 0 aliphatic carbocycles. The van der Waals surface area contributed by atoms with E-state index in [1.807, 2.05) is 30.3 Å². The summed E-state index contributed by atoms with van der Waals surface area (Å²) in [5, 5.41) is 14.5. The molecule has 2 unspecified atom stereocenters. The Hall–Kier alpha value is -3.73. The lowest BCUT2D eigenvalue weighted by Gasteiger charge is -2.29. The highest BCUT2D eigenvalue weighted by molar-refractivity contribution is 7.53. The highest BCUT2D eigenvalue weighted by Gasteiger charge is 2.41. The van der Waals surface area contributed by atoms with Crippen molar-refractivity contribution in [1.82, 2.24) is 15.5 Å². The molecule has 1 heterocycles. The minimum absolute atomic E-state index is 0.00939. The number of nitrogens with zero attached hydrogens (tertiary/aromatic N) is 1. The molecule has 4 atom stereocenters. The van der Waals surface area contributed by atoms with E-state index in [-0.39, 0.29) is 38.1 Å². The first kappa shape index (κ1) is 31.8. The topological polar surface area (TPSA) is 172 Å². The lowest BCUT2D eigenvalue weighted by molar-refractivity contribution is -0.151. The SMILES string of the molecule is CC(OP(=O)(O)[C@@H](CCCCNC(=O)OCc1ccccc1)NC(=O)c1ccccc1)C(=O)N1CCC[C@H]1C(=O)O. The van der Waals surface area contributed by atoms with Crippen molar-refractivity contribution < 1.29 is 43.0 Å². The second-order valence-electron chi connectivity index (χ2n) is 9.68. The number of amides is 3. The number of carbonyl (C=O) groups excluding carboxylic acids is 3. The molecule has 1 aliphatic rings. The zero-order valence-electron chi connectivity index (χ0n) is 22.8. The molecule has 1 aliphatic heterocycles. The second-order valence-corrected chi connectivity index (χ2v) is 11.6. The minimum atomic E-state index is -4.62. The van der Waals surface area contributed by atoms with Crippen LogP contribution in [-0.2, 0) is 30.0 Å². The van der Waals surface area contributed by atoms with Gasteiger partial charge in [0.2, 0.25) is 0 Å². The van der Waals surface area contributed by atoms with Gasteiger partial charge in [-0.25, -0.2) is 9.59 Å². The maximum atomic E-state index is 13.4. The highest BCUT2D eigenvalue weighted by Crippen LogP contribution is 2.49. The fourth-order valence-corrected chi connectivity index (χ4v) is 5.91. The number of carboxylic acid groups (broad SMARTS) is 1. The molecule has 0 aromatic heterocycles. The number of carbonyl (C=O) groups is 4. The van der Waals surface area contributed by atoms with E-state index in [1.54, 1.807) is 30.3 Å². The standard InChI is InChI=1S/C28H36N3O9P/c1-20(26(33)31-18-10-15-23(31)27(34)35)40-41(37,38)24(30-25(32)22-13-6-3-7-14-22)16-8-9-17-29-28(36)39-19-21-11-4-2-5-12-21/h2-7,11-14,20,23-24H,8-10,15-19H2,1H3,(H,29,36)(H,30,32)(H,34,35)(H,37,38)/t20?,23-,24-/m0/s1. The zero-order chi connectivity index (χ0) is 29.8. The van der Waals surface area contributed by atoms with Crippen LogP contribution in [0.15, 0.2) is 60.7 Å². The maximum Gasteiger partial charge on any atom is 0.407 e. The van der Waals surface area contributed by atoms with Gasteiger partial charge in [0.1, 0.15) is 24.5 Å². The fraction of sp³-hybridized carbons (Fsp3) is 0.429. The molecular weight excluding hydrogens is 553 g/mol. The lowest BCUT2D eigenvalue weighted by Crippen LogP contribution is -2.45. The van der Waals surface area contributed by atoms with Crippen LogP contribution in [0.1, 0.15) is 54.9 Å². The second kappa shape index (κ2) is 15.3. The largest absolute Gasteiger partial charge is 0.480 e. The number of likely N-dealkylation sites (tertiary alicyclic amines) is 1. The molecule has 41 heavy (non-hydrogen) atoms. The van der Waals surface area contributed by atoms with Crippen LogP contribution in [0, 0.1) is 0 Å². The van der Waals surface area contributed by atoms with Gasteiger partial charge >= 0.3 is 19.7 Å². The van der Waals surface area contributed by atoms with E-state index in [0.717, 1.165) is 10.5 Å². The number of nitrogens with one attached hydrogen (secondary N) is 2. The summed E-state index contributed by atoms with van der Waals surface area (Å²) in [4.78, 5) is 61.1. The van der Waals surface area contributed by atoms with E-state index in [1.165, 1.54) is 6.92 Å². The first-order chi connectivity index (χ1) is 19.6. The average Bonchev–Trinajstić information content (AvgIpc) is 3.46. The van der Waals surface area contributed by atoms with Crippen molar-refractivity contribution in [2.45, 2.75) is 63.6 Å². The third-order valence-electron chi connectivity index (χ3n) is 6.59. The molecule has 1 saturated heterocycles. The number of benzene rings is 2. The monoisotopic (exact) mass is 589 g/mol. The molecule has 12 nitrogen and oxygen atoms in total. The molecule has 0 bridgehead atoms. The summed E-state index contributed by atoms with van der Waals surface area (Å²) in [5.74, 6) is -3.82. The summed E-state index contributed by atoms with van der Waals surface area (Å²) >= 11 is 0. The quantitative estimate of drug-likeness (QED) is 0.190. The Morgan fingerprint density at radius 1 is 1.05 bits per heavy atom. The van der Waals surface area contributed by atoms with E-state index in [9.17, 15) is 33.7 Å². The van der Waals surface area contributed by atoms with E-state index >= 15 is 0 Å². The van der Waals surface area contributed by atoms with Crippen molar-refractivity contribution in [2.24, 2.45) is 0 Å².